The third-order valence-corrected chi connectivity index (χ3v) is 3.31. The van der Waals surface area contributed by atoms with Crippen molar-refractivity contribution in [3.63, 3.8) is 0 Å². The van der Waals surface area contributed by atoms with Crippen LogP contribution in [0.25, 0.3) is 0 Å². The van der Waals surface area contributed by atoms with Gasteiger partial charge in [-0.1, -0.05) is 24.3 Å². The minimum atomic E-state index is -4.53. The monoisotopic (exact) mass is 394 g/mol. The molecule has 0 bridgehead atoms. The van der Waals surface area contributed by atoms with Crippen molar-refractivity contribution in [3.05, 3.63) is 60.2 Å². The van der Waals surface area contributed by atoms with Gasteiger partial charge in [0.1, 0.15) is 6.54 Å². The first-order chi connectivity index (χ1) is 13.2. The number of carbonyl (C=O) groups excluding carboxylic acids is 3. The molecule has 2 aromatic carbocycles. The Hall–Kier alpha value is -3.56. The van der Waals surface area contributed by atoms with Gasteiger partial charge < -0.3 is 21.3 Å². The summed E-state index contributed by atoms with van der Waals surface area (Å²) in [7, 11) is 0. The molecule has 0 aromatic heterocycles. The summed E-state index contributed by atoms with van der Waals surface area (Å²) in [5.41, 5.74) is 1.21. The zero-order valence-corrected chi connectivity index (χ0v) is 14.5. The predicted molar refractivity (Wildman–Crippen MR) is 96.9 cm³/mol. The Balaban J connectivity index is 1.84. The van der Waals surface area contributed by atoms with Crippen molar-refractivity contribution in [3.8, 4) is 0 Å². The molecule has 10 heteroatoms. The lowest BCUT2D eigenvalue weighted by Gasteiger charge is -2.11. The van der Waals surface area contributed by atoms with E-state index >= 15 is 0 Å². The van der Waals surface area contributed by atoms with Crippen molar-refractivity contribution in [2.45, 2.75) is 6.18 Å². The molecule has 4 N–H and O–H groups in total. The Labute approximate surface area is 158 Å². The molecule has 0 radical (unpaired) electrons. The van der Waals surface area contributed by atoms with Crippen LogP contribution in [0.15, 0.2) is 54.6 Å². The van der Waals surface area contributed by atoms with Crippen LogP contribution in [0, 0.1) is 0 Å². The van der Waals surface area contributed by atoms with Crippen LogP contribution in [0.5, 0.6) is 0 Å². The number of hydrogen-bond acceptors (Lipinski definition) is 3. The van der Waals surface area contributed by atoms with Gasteiger partial charge in [-0.2, -0.15) is 13.2 Å². The first-order valence-corrected chi connectivity index (χ1v) is 8.08. The number of alkyl halides is 3. The highest BCUT2D eigenvalue weighted by atomic mass is 19.4. The van der Waals surface area contributed by atoms with Crippen LogP contribution in [0.3, 0.4) is 0 Å². The second-order valence-corrected chi connectivity index (χ2v) is 5.60. The molecule has 0 saturated carbocycles. The summed E-state index contributed by atoms with van der Waals surface area (Å²) < 4.78 is 36.0. The summed E-state index contributed by atoms with van der Waals surface area (Å²) in [6.07, 6.45) is -4.53. The average Bonchev–Trinajstić information content (AvgIpc) is 2.65. The summed E-state index contributed by atoms with van der Waals surface area (Å²) in [5, 5.41) is 8.86. The summed E-state index contributed by atoms with van der Waals surface area (Å²) >= 11 is 0. The number of amides is 4. The zero-order valence-electron chi connectivity index (χ0n) is 14.5. The lowest BCUT2D eigenvalue weighted by atomic mass is 10.2. The SMILES string of the molecule is O=C(CNC(=O)Nc1cccc(NC(=O)c2ccccc2)c1)NCC(F)(F)F. The lowest BCUT2D eigenvalue weighted by Crippen LogP contribution is -2.42. The number of nitrogens with one attached hydrogen (secondary N) is 4. The Kier molecular flexibility index (Phi) is 6.96. The molecule has 148 valence electrons. The van der Waals surface area contributed by atoms with Gasteiger partial charge in [0.05, 0.1) is 6.54 Å². The number of halogens is 3. The molecule has 28 heavy (non-hydrogen) atoms. The Morgan fingerprint density at radius 3 is 2.11 bits per heavy atom. The zero-order chi connectivity index (χ0) is 20.6. The highest BCUT2D eigenvalue weighted by Gasteiger charge is 2.27. The van der Waals surface area contributed by atoms with Crippen LogP contribution in [0.2, 0.25) is 0 Å². The number of anilines is 2. The van der Waals surface area contributed by atoms with E-state index in [-0.39, 0.29) is 5.91 Å². The molecule has 0 aliphatic heterocycles. The van der Waals surface area contributed by atoms with Gasteiger partial charge in [0.2, 0.25) is 5.91 Å². The molecule has 0 atom stereocenters. The maximum Gasteiger partial charge on any atom is 0.405 e. The molecular formula is C18H17F3N4O3. The summed E-state index contributed by atoms with van der Waals surface area (Å²) in [4.78, 5) is 35.1. The Morgan fingerprint density at radius 1 is 0.821 bits per heavy atom. The van der Waals surface area contributed by atoms with E-state index in [0.717, 1.165) is 0 Å². The van der Waals surface area contributed by atoms with Crippen LogP contribution >= 0.6 is 0 Å². The maximum absolute atomic E-state index is 12.1. The van der Waals surface area contributed by atoms with Crippen molar-refractivity contribution < 1.29 is 27.6 Å². The molecular weight excluding hydrogens is 377 g/mol. The third kappa shape index (κ3) is 7.36. The topological polar surface area (TPSA) is 99.3 Å². The summed E-state index contributed by atoms with van der Waals surface area (Å²) in [6.45, 7) is -2.09. The van der Waals surface area contributed by atoms with Crippen molar-refractivity contribution >= 4 is 29.2 Å². The first-order valence-electron chi connectivity index (χ1n) is 8.08. The molecule has 2 rings (SSSR count). The highest BCUT2D eigenvalue weighted by molar-refractivity contribution is 6.04. The van der Waals surface area contributed by atoms with E-state index in [4.69, 9.17) is 0 Å². The van der Waals surface area contributed by atoms with E-state index in [1.54, 1.807) is 53.8 Å². The van der Waals surface area contributed by atoms with Gasteiger partial charge in [0, 0.05) is 16.9 Å². The van der Waals surface area contributed by atoms with Crippen molar-refractivity contribution in [1.29, 1.82) is 0 Å². The smallest absolute Gasteiger partial charge is 0.345 e. The number of hydrogen-bond donors (Lipinski definition) is 4. The number of rotatable bonds is 6. The van der Waals surface area contributed by atoms with Crippen molar-refractivity contribution in [2.24, 2.45) is 0 Å². The van der Waals surface area contributed by atoms with Gasteiger partial charge in [-0.25, -0.2) is 4.79 Å². The van der Waals surface area contributed by atoms with Crippen LogP contribution in [0.4, 0.5) is 29.3 Å². The van der Waals surface area contributed by atoms with Crippen molar-refractivity contribution in [2.75, 3.05) is 23.7 Å². The predicted octanol–water partition coefficient (Wildman–Crippen LogP) is 2.74. The quantitative estimate of drug-likeness (QED) is 0.606. The fraction of sp³-hybridized carbons (Fsp3) is 0.167. The van der Waals surface area contributed by atoms with Gasteiger partial charge >= 0.3 is 12.2 Å². The molecule has 0 spiro atoms. The minimum absolute atomic E-state index is 0.319. The standard InChI is InChI=1S/C18H17F3N4O3/c19-18(20,21)11-23-15(26)10-22-17(28)25-14-8-4-7-13(9-14)24-16(27)12-5-2-1-3-6-12/h1-9H,10-11H2,(H,23,26)(H,24,27)(H2,22,25,28). The summed E-state index contributed by atoms with van der Waals surface area (Å²) in [6, 6.07) is 14.0. The van der Waals surface area contributed by atoms with Crippen LogP contribution in [0.1, 0.15) is 10.4 Å². The third-order valence-electron chi connectivity index (χ3n) is 3.31. The average molecular weight is 394 g/mol. The molecule has 0 unspecified atom stereocenters. The lowest BCUT2D eigenvalue weighted by molar-refractivity contribution is -0.137. The molecule has 4 amide bonds. The first kappa shape index (κ1) is 20.7. The van der Waals surface area contributed by atoms with Crippen molar-refractivity contribution in [1.82, 2.24) is 10.6 Å². The van der Waals surface area contributed by atoms with Gasteiger partial charge in [-0.05, 0) is 30.3 Å². The van der Waals surface area contributed by atoms with Gasteiger partial charge in [0.15, 0.2) is 0 Å². The maximum atomic E-state index is 12.1. The van der Waals surface area contributed by atoms with E-state index in [9.17, 15) is 27.6 Å². The number of urea groups is 1. The molecule has 0 saturated heterocycles. The molecule has 0 aliphatic rings. The Bertz CT molecular complexity index is 841. The van der Waals surface area contributed by atoms with Crippen LogP contribution in [-0.4, -0.2) is 37.1 Å². The fourth-order valence-electron chi connectivity index (χ4n) is 2.06. The Morgan fingerprint density at radius 2 is 1.46 bits per heavy atom. The molecule has 7 nitrogen and oxygen atoms in total. The molecule has 2 aromatic rings. The fourth-order valence-corrected chi connectivity index (χ4v) is 2.06. The van der Waals surface area contributed by atoms with Gasteiger partial charge in [0.25, 0.3) is 5.91 Å². The van der Waals surface area contributed by atoms with E-state index in [2.05, 4.69) is 16.0 Å². The van der Waals surface area contributed by atoms with E-state index < -0.39 is 31.2 Å². The minimum Gasteiger partial charge on any atom is -0.345 e. The van der Waals surface area contributed by atoms with Crippen LogP contribution in [-0.2, 0) is 4.79 Å². The molecule has 0 fully saturated rings. The molecule has 0 heterocycles. The van der Waals surface area contributed by atoms with Gasteiger partial charge in [-0.15, -0.1) is 0 Å². The number of carbonyl (C=O) groups is 3. The second-order valence-electron chi connectivity index (χ2n) is 5.60. The van der Waals surface area contributed by atoms with Crippen LogP contribution < -0.4 is 21.3 Å². The number of benzene rings is 2. The van der Waals surface area contributed by atoms with E-state index in [0.29, 0.717) is 16.9 Å². The van der Waals surface area contributed by atoms with E-state index in [1.165, 1.54) is 6.07 Å². The van der Waals surface area contributed by atoms with Gasteiger partial charge in [-0.3, -0.25) is 9.59 Å². The molecule has 0 aliphatic carbocycles. The largest absolute Gasteiger partial charge is 0.405 e. The van der Waals surface area contributed by atoms with E-state index in [1.807, 2.05) is 0 Å². The summed E-state index contributed by atoms with van der Waals surface area (Å²) in [5.74, 6) is -1.31. The second kappa shape index (κ2) is 9.40. The normalized spacial score (nSPS) is 10.7. The highest BCUT2D eigenvalue weighted by Crippen LogP contribution is 2.16.